The fourth-order valence-electron chi connectivity index (χ4n) is 3.35. The van der Waals surface area contributed by atoms with E-state index in [9.17, 15) is 4.79 Å². The topological polar surface area (TPSA) is 70.2 Å². The van der Waals surface area contributed by atoms with Crippen molar-refractivity contribution in [1.82, 2.24) is 9.97 Å². The number of aryl methyl sites for hydroxylation is 1. The smallest absolute Gasteiger partial charge is 0.274 e. The van der Waals surface area contributed by atoms with E-state index in [1.54, 1.807) is 6.07 Å². The number of aromatic nitrogens is 2. The van der Waals surface area contributed by atoms with Crippen LogP contribution < -0.4 is 15.5 Å². The second kappa shape index (κ2) is 8.08. The van der Waals surface area contributed by atoms with E-state index in [4.69, 9.17) is 0 Å². The highest BCUT2D eigenvalue weighted by Crippen LogP contribution is 2.22. The molecule has 2 aromatic carbocycles. The molecule has 1 aliphatic heterocycles. The first-order valence-electron chi connectivity index (χ1n) is 9.49. The van der Waals surface area contributed by atoms with E-state index in [-0.39, 0.29) is 5.91 Å². The average Bonchev–Trinajstić information content (AvgIpc) is 3.24. The van der Waals surface area contributed by atoms with Crippen molar-refractivity contribution >= 4 is 28.8 Å². The molecule has 0 radical (unpaired) electrons. The summed E-state index contributed by atoms with van der Waals surface area (Å²) in [6.07, 6.45) is 3.87. The van der Waals surface area contributed by atoms with Crippen LogP contribution in [-0.2, 0) is 0 Å². The molecular formula is C22H23N5O. The third-order valence-electron chi connectivity index (χ3n) is 4.79. The number of nitrogens with one attached hydrogen (secondary N) is 2. The predicted molar refractivity (Wildman–Crippen MR) is 112 cm³/mol. The molecule has 1 amide bonds. The summed E-state index contributed by atoms with van der Waals surface area (Å²) in [5, 5.41) is 6.11. The Bertz CT molecular complexity index is 965. The van der Waals surface area contributed by atoms with Crippen LogP contribution in [0.25, 0.3) is 0 Å². The van der Waals surface area contributed by atoms with Crippen LogP contribution in [0.4, 0.5) is 22.9 Å². The molecule has 0 unspecified atom stereocenters. The minimum atomic E-state index is -0.261. The highest BCUT2D eigenvalue weighted by Gasteiger charge is 2.13. The van der Waals surface area contributed by atoms with Gasteiger partial charge in [0.15, 0.2) is 0 Å². The molecule has 1 fully saturated rings. The highest BCUT2D eigenvalue weighted by molar-refractivity contribution is 6.03. The molecule has 1 saturated heterocycles. The van der Waals surface area contributed by atoms with Crippen LogP contribution in [0, 0.1) is 6.92 Å². The molecule has 1 aliphatic rings. The molecule has 4 rings (SSSR count). The zero-order valence-electron chi connectivity index (χ0n) is 15.9. The number of rotatable bonds is 5. The number of anilines is 4. The molecule has 6 nitrogen and oxygen atoms in total. The van der Waals surface area contributed by atoms with Crippen molar-refractivity contribution in [1.29, 1.82) is 0 Å². The lowest BCUT2D eigenvalue weighted by Gasteiger charge is -2.17. The molecule has 1 aromatic heterocycles. The Kier molecular flexibility index (Phi) is 5.19. The van der Waals surface area contributed by atoms with Crippen molar-refractivity contribution < 1.29 is 4.79 Å². The third-order valence-corrected chi connectivity index (χ3v) is 4.79. The number of benzene rings is 2. The number of nitrogens with zero attached hydrogens (tertiary/aromatic N) is 3. The van der Waals surface area contributed by atoms with E-state index in [0.29, 0.717) is 11.5 Å². The lowest BCUT2D eigenvalue weighted by molar-refractivity contribution is 0.102. The summed E-state index contributed by atoms with van der Waals surface area (Å²) >= 11 is 0. The van der Waals surface area contributed by atoms with Gasteiger partial charge in [0, 0.05) is 36.2 Å². The summed E-state index contributed by atoms with van der Waals surface area (Å²) < 4.78 is 0. The van der Waals surface area contributed by atoms with Crippen LogP contribution in [-0.4, -0.2) is 29.0 Å². The summed E-state index contributed by atoms with van der Waals surface area (Å²) in [7, 11) is 0. The predicted octanol–water partition coefficient (Wildman–Crippen LogP) is 4.38. The first-order valence-corrected chi connectivity index (χ1v) is 9.49. The Morgan fingerprint density at radius 2 is 1.75 bits per heavy atom. The van der Waals surface area contributed by atoms with Gasteiger partial charge in [-0.05, 0) is 61.7 Å². The van der Waals surface area contributed by atoms with E-state index in [1.165, 1.54) is 24.9 Å². The van der Waals surface area contributed by atoms with Crippen molar-refractivity contribution in [2.24, 2.45) is 0 Å². The average molecular weight is 373 g/mol. The van der Waals surface area contributed by atoms with Crippen LogP contribution in [0.5, 0.6) is 0 Å². The normalized spacial score (nSPS) is 13.4. The summed E-state index contributed by atoms with van der Waals surface area (Å²) in [4.78, 5) is 23.2. The standard InChI is InChI=1S/C22H23N5O/c1-16-5-4-6-18(13-16)25-21-14-20(23-15-24-21)22(28)26-17-7-9-19(10-8-17)27-11-2-3-12-27/h4-10,13-15H,2-3,11-12H2,1H3,(H,26,28)(H,23,24,25). The second-order valence-electron chi connectivity index (χ2n) is 6.98. The molecule has 0 bridgehead atoms. The lowest BCUT2D eigenvalue weighted by atomic mass is 10.2. The largest absolute Gasteiger partial charge is 0.372 e. The van der Waals surface area contributed by atoms with Gasteiger partial charge in [-0.25, -0.2) is 9.97 Å². The van der Waals surface area contributed by atoms with Crippen molar-refractivity contribution in [3.8, 4) is 0 Å². The minimum absolute atomic E-state index is 0.261. The van der Waals surface area contributed by atoms with Crippen molar-refractivity contribution in [3.63, 3.8) is 0 Å². The molecule has 28 heavy (non-hydrogen) atoms. The number of carbonyl (C=O) groups is 1. The molecule has 6 heteroatoms. The molecule has 2 N–H and O–H groups in total. The van der Waals surface area contributed by atoms with Gasteiger partial charge in [0.1, 0.15) is 17.8 Å². The first kappa shape index (κ1) is 18.0. The Morgan fingerprint density at radius 1 is 0.964 bits per heavy atom. The zero-order valence-corrected chi connectivity index (χ0v) is 15.9. The van der Waals surface area contributed by atoms with Crippen molar-refractivity contribution in [3.05, 3.63) is 72.2 Å². The second-order valence-corrected chi connectivity index (χ2v) is 6.98. The Hall–Kier alpha value is -3.41. The van der Waals surface area contributed by atoms with Crippen LogP contribution in [0.3, 0.4) is 0 Å². The summed E-state index contributed by atoms with van der Waals surface area (Å²) in [6.45, 7) is 4.23. The summed E-state index contributed by atoms with van der Waals surface area (Å²) in [5.74, 6) is 0.318. The van der Waals surface area contributed by atoms with E-state index in [1.807, 2.05) is 55.5 Å². The van der Waals surface area contributed by atoms with Crippen LogP contribution in [0.2, 0.25) is 0 Å². The van der Waals surface area contributed by atoms with Gasteiger partial charge in [0.25, 0.3) is 5.91 Å². The van der Waals surface area contributed by atoms with Gasteiger partial charge in [-0.1, -0.05) is 12.1 Å². The van der Waals surface area contributed by atoms with E-state index < -0.39 is 0 Å². The molecule has 0 spiro atoms. The zero-order chi connectivity index (χ0) is 19.3. The van der Waals surface area contributed by atoms with Gasteiger partial charge in [0.2, 0.25) is 0 Å². The van der Waals surface area contributed by atoms with Gasteiger partial charge in [-0.2, -0.15) is 0 Å². The monoisotopic (exact) mass is 373 g/mol. The number of amides is 1. The lowest BCUT2D eigenvalue weighted by Crippen LogP contribution is -2.18. The Labute approximate surface area is 164 Å². The maximum absolute atomic E-state index is 12.6. The Balaban J connectivity index is 1.43. The number of carbonyl (C=O) groups excluding carboxylic acids is 1. The van der Waals surface area contributed by atoms with Crippen molar-refractivity contribution in [2.75, 3.05) is 28.6 Å². The fraction of sp³-hybridized carbons (Fsp3) is 0.227. The molecule has 3 aromatic rings. The SMILES string of the molecule is Cc1cccc(Nc2cc(C(=O)Nc3ccc(N4CCCC4)cc3)ncn2)c1. The third kappa shape index (κ3) is 4.28. The quantitative estimate of drug-likeness (QED) is 0.694. The van der Waals surface area contributed by atoms with Crippen molar-refractivity contribution in [2.45, 2.75) is 19.8 Å². The van der Waals surface area contributed by atoms with E-state index in [0.717, 1.165) is 30.0 Å². The van der Waals surface area contributed by atoms with Gasteiger partial charge in [-0.3, -0.25) is 4.79 Å². The molecule has 0 atom stereocenters. The van der Waals surface area contributed by atoms with Crippen LogP contribution >= 0.6 is 0 Å². The van der Waals surface area contributed by atoms with E-state index in [2.05, 4.69) is 25.5 Å². The molecule has 0 saturated carbocycles. The van der Waals surface area contributed by atoms with Crippen LogP contribution in [0.15, 0.2) is 60.9 Å². The van der Waals surface area contributed by atoms with Gasteiger partial charge >= 0.3 is 0 Å². The highest BCUT2D eigenvalue weighted by atomic mass is 16.1. The fourth-order valence-corrected chi connectivity index (χ4v) is 3.35. The molecule has 0 aliphatic carbocycles. The van der Waals surface area contributed by atoms with Crippen LogP contribution in [0.1, 0.15) is 28.9 Å². The summed E-state index contributed by atoms with van der Waals surface area (Å²) in [5.41, 5.74) is 4.33. The number of hydrogen-bond donors (Lipinski definition) is 2. The molecule has 142 valence electrons. The Morgan fingerprint density at radius 3 is 2.50 bits per heavy atom. The number of hydrogen-bond acceptors (Lipinski definition) is 5. The van der Waals surface area contributed by atoms with E-state index >= 15 is 0 Å². The van der Waals surface area contributed by atoms with Gasteiger partial charge < -0.3 is 15.5 Å². The summed E-state index contributed by atoms with van der Waals surface area (Å²) in [6, 6.07) is 17.6. The molecule has 2 heterocycles. The van der Waals surface area contributed by atoms with Gasteiger partial charge in [0.05, 0.1) is 0 Å². The minimum Gasteiger partial charge on any atom is -0.372 e. The molecular weight excluding hydrogens is 350 g/mol. The van der Waals surface area contributed by atoms with Gasteiger partial charge in [-0.15, -0.1) is 0 Å². The maximum Gasteiger partial charge on any atom is 0.274 e. The maximum atomic E-state index is 12.6. The first-order chi connectivity index (χ1) is 13.7.